The Labute approximate surface area is 190 Å². The van der Waals surface area contributed by atoms with E-state index in [2.05, 4.69) is 31.0 Å². The van der Waals surface area contributed by atoms with Gasteiger partial charge in [0.1, 0.15) is 0 Å². The number of aromatic nitrogens is 2. The molecular weight excluding hydrogens is 423 g/mol. The number of amidine groups is 1. The van der Waals surface area contributed by atoms with E-state index < -0.39 is 6.67 Å². The first kappa shape index (κ1) is 22.2. The van der Waals surface area contributed by atoms with Crippen molar-refractivity contribution in [1.29, 1.82) is 0 Å². The number of aliphatic imine (C=N–C) groups is 1. The van der Waals surface area contributed by atoms with Crippen LogP contribution in [-0.2, 0) is 13.2 Å². The molecule has 0 fully saturated rings. The van der Waals surface area contributed by atoms with Gasteiger partial charge in [-0.25, -0.2) is 4.39 Å². The number of benzene rings is 2. The average molecular weight is 449 g/mol. The number of rotatable bonds is 8. The number of alkyl halides is 1. The van der Waals surface area contributed by atoms with Crippen LogP contribution in [0.4, 0.5) is 4.39 Å². The van der Waals surface area contributed by atoms with Crippen LogP contribution in [0.15, 0.2) is 69.2 Å². The molecule has 1 aliphatic heterocycles. The van der Waals surface area contributed by atoms with Gasteiger partial charge in [-0.15, -0.1) is 10.2 Å². The zero-order valence-electron chi connectivity index (χ0n) is 18.0. The molecule has 170 valence electrons. The normalized spacial score (nSPS) is 14.8. The molecule has 0 saturated carbocycles. The van der Waals surface area contributed by atoms with E-state index in [1.165, 1.54) is 0 Å². The summed E-state index contributed by atoms with van der Waals surface area (Å²) >= 11 is 0. The van der Waals surface area contributed by atoms with Gasteiger partial charge in [0.05, 0.1) is 18.8 Å². The Hall–Kier alpha value is -4.05. The molecule has 9 nitrogen and oxygen atoms in total. The maximum atomic E-state index is 12.6. The molecule has 0 bridgehead atoms. The van der Waals surface area contributed by atoms with Crippen molar-refractivity contribution in [2.24, 2.45) is 21.6 Å². The van der Waals surface area contributed by atoms with Crippen molar-refractivity contribution in [2.45, 2.75) is 13.2 Å². The molecule has 3 aromatic rings. The molecule has 10 heteroatoms. The van der Waals surface area contributed by atoms with Gasteiger partial charge in [-0.05, 0) is 29.3 Å². The van der Waals surface area contributed by atoms with Gasteiger partial charge in [-0.1, -0.05) is 30.3 Å². The van der Waals surface area contributed by atoms with Gasteiger partial charge in [0.2, 0.25) is 11.8 Å². The van der Waals surface area contributed by atoms with Gasteiger partial charge in [0, 0.05) is 36.0 Å². The SMILES string of the molecule is N/C=C(\C1=NCCNC1)c1cccc(/C(N)=N/NCc2ccc(-c3nnc(CF)o3)cc2)c1. The van der Waals surface area contributed by atoms with Crippen molar-refractivity contribution < 1.29 is 8.81 Å². The van der Waals surface area contributed by atoms with Crippen LogP contribution in [0, 0.1) is 0 Å². The summed E-state index contributed by atoms with van der Waals surface area (Å²) in [6.45, 7) is 1.96. The lowest BCUT2D eigenvalue weighted by molar-refractivity contribution is 0.385. The van der Waals surface area contributed by atoms with E-state index in [4.69, 9.17) is 15.9 Å². The molecule has 33 heavy (non-hydrogen) atoms. The molecule has 1 aliphatic rings. The Morgan fingerprint density at radius 3 is 2.70 bits per heavy atom. The predicted molar refractivity (Wildman–Crippen MR) is 126 cm³/mol. The second kappa shape index (κ2) is 10.5. The highest BCUT2D eigenvalue weighted by atomic mass is 19.1. The van der Waals surface area contributed by atoms with Gasteiger partial charge in [-0.3, -0.25) is 4.99 Å². The molecule has 0 saturated heterocycles. The molecule has 0 radical (unpaired) electrons. The van der Waals surface area contributed by atoms with Crippen LogP contribution >= 0.6 is 0 Å². The maximum Gasteiger partial charge on any atom is 0.247 e. The predicted octanol–water partition coefficient (Wildman–Crippen LogP) is 1.96. The van der Waals surface area contributed by atoms with Crippen LogP contribution < -0.4 is 22.2 Å². The first-order chi connectivity index (χ1) is 16.2. The Bertz CT molecular complexity index is 1180. The molecule has 0 atom stereocenters. The lowest BCUT2D eigenvalue weighted by atomic mass is 9.99. The van der Waals surface area contributed by atoms with Gasteiger partial charge < -0.3 is 26.6 Å². The van der Waals surface area contributed by atoms with Crippen LogP contribution in [0.25, 0.3) is 17.0 Å². The number of nitrogens with one attached hydrogen (secondary N) is 2. The Morgan fingerprint density at radius 2 is 2.00 bits per heavy atom. The van der Waals surface area contributed by atoms with E-state index in [0.29, 0.717) is 24.5 Å². The summed E-state index contributed by atoms with van der Waals surface area (Å²) in [6.07, 6.45) is 1.58. The third-order valence-corrected chi connectivity index (χ3v) is 5.10. The standard InChI is InChI=1S/C23H25FN8O/c24-11-21-30-32-23(33-21)16-6-4-15(5-7-16)13-29-31-22(26)18-3-1-2-17(10-18)19(12-25)20-14-27-8-9-28-20/h1-7,10,12,27,29H,8-9,11,13-14,25H2,(H2,26,31)/b19-12-. The van der Waals surface area contributed by atoms with E-state index in [1.54, 1.807) is 6.20 Å². The number of hydrogen-bond donors (Lipinski definition) is 4. The van der Waals surface area contributed by atoms with Crippen LogP contribution in [0.3, 0.4) is 0 Å². The molecule has 2 aromatic carbocycles. The second-order valence-corrected chi connectivity index (χ2v) is 7.33. The highest BCUT2D eigenvalue weighted by Gasteiger charge is 2.13. The lowest BCUT2D eigenvalue weighted by Gasteiger charge is -2.16. The smallest absolute Gasteiger partial charge is 0.247 e. The minimum atomic E-state index is -0.785. The van der Waals surface area contributed by atoms with E-state index in [0.717, 1.165) is 41.1 Å². The van der Waals surface area contributed by atoms with Crippen LogP contribution in [-0.4, -0.2) is 41.4 Å². The minimum Gasteiger partial charge on any atom is -0.418 e. The third-order valence-electron chi connectivity index (χ3n) is 5.10. The van der Waals surface area contributed by atoms with Crippen molar-refractivity contribution in [3.63, 3.8) is 0 Å². The van der Waals surface area contributed by atoms with Gasteiger partial charge in [0.15, 0.2) is 12.5 Å². The van der Waals surface area contributed by atoms with E-state index >= 15 is 0 Å². The summed E-state index contributed by atoms with van der Waals surface area (Å²) in [6, 6.07) is 15.2. The largest absolute Gasteiger partial charge is 0.418 e. The summed E-state index contributed by atoms with van der Waals surface area (Å²) < 4.78 is 17.8. The van der Waals surface area contributed by atoms with Gasteiger partial charge in [0.25, 0.3) is 0 Å². The van der Waals surface area contributed by atoms with Crippen LogP contribution in [0.1, 0.15) is 22.6 Å². The Morgan fingerprint density at radius 1 is 1.18 bits per heavy atom. The highest BCUT2D eigenvalue weighted by molar-refractivity contribution is 6.25. The Kier molecular flexibility index (Phi) is 7.06. The Balaban J connectivity index is 1.40. The molecule has 0 spiro atoms. The summed E-state index contributed by atoms with van der Waals surface area (Å²) in [4.78, 5) is 4.57. The quantitative estimate of drug-likeness (QED) is 0.235. The second-order valence-electron chi connectivity index (χ2n) is 7.33. The number of hydrazone groups is 1. The molecule has 0 amide bonds. The molecule has 1 aromatic heterocycles. The number of nitrogens with two attached hydrogens (primary N) is 2. The summed E-state index contributed by atoms with van der Waals surface area (Å²) in [5.41, 5.74) is 20.3. The minimum absolute atomic E-state index is 0.0397. The molecule has 4 rings (SSSR count). The van der Waals surface area contributed by atoms with E-state index in [1.807, 2.05) is 48.5 Å². The number of nitrogens with zero attached hydrogens (tertiary/aromatic N) is 4. The molecule has 0 unspecified atom stereocenters. The fourth-order valence-electron chi connectivity index (χ4n) is 3.39. The lowest BCUT2D eigenvalue weighted by Crippen LogP contribution is -2.31. The maximum absolute atomic E-state index is 12.6. The molecule has 6 N–H and O–H groups in total. The first-order valence-electron chi connectivity index (χ1n) is 10.5. The highest BCUT2D eigenvalue weighted by Crippen LogP contribution is 2.19. The third kappa shape index (κ3) is 5.42. The van der Waals surface area contributed by atoms with E-state index in [-0.39, 0.29) is 11.8 Å². The summed E-state index contributed by atoms with van der Waals surface area (Å²) in [7, 11) is 0. The molecule has 0 aliphatic carbocycles. The average Bonchev–Trinajstić information content (AvgIpc) is 3.35. The molecular formula is C23H25FN8O. The van der Waals surface area contributed by atoms with Crippen molar-refractivity contribution in [1.82, 2.24) is 20.9 Å². The van der Waals surface area contributed by atoms with Crippen LogP contribution in [0.2, 0.25) is 0 Å². The van der Waals surface area contributed by atoms with Crippen molar-refractivity contribution in [2.75, 3.05) is 19.6 Å². The van der Waals surface area contributed by atoms with Gasteiger partial charge in [-0.2, -0.15) is 5.10 Å². The summed E-state index contributed by atoms with van der Waals surface area (Å²) in [5, 5.41) is 15.0. The van der Waals surface area contributed by atoms with Crippen molar-refractivity contribution >= 4 is 17.1 Å². The first-order valence-corrected chi connectivity index (χ1v) is 10.5. The molecule has 2 heterocycles. The topological polar surface area (TPSA) is 140 Å². The van der Waals surface area contributed by atoms with Crippen molar-refractivity contribution in [3.05, 3.63) is 77.3 Å². The monoisotopic (exact) mass is 448 g/mol. The van der Waals surface area contributed by atoms with E-state index in [9.17, 15) is 4.39 Å². The van der Waals surface area contributed by atoms with Crippen LogP contribution in [0.5, 0.6) is 0 Å². The zero-order chi connectivity index (χ0) is 23.0. The fourth-order valence-corrected chi connectivity index (χ4v) is 3.39. The zero-order valence-corrected chi connectivity index (χ0v) is 18.0. The number of hydrogen-bond acceptors (Lipinski definition) is 8. The number of halogens is 1. The summed E-state index contributed by atoms with van der Waals surface area (Å²) in [5.74, 6) is 0.602. The fraction of sp³-hybridized carbons (Fsp3) is 0.217. The van der Waals surface area contributed by atoms with Gasteiger partial charge >= 0.3 is 0 Å². The van der Waals surface area contributed by atoms with Crippen molar-refractivity contribution in [3.8, 4) is 11.5 Å².